The van der Waals surface area contributed by atoms with Gasteiger partial charge in [-0.3, -0.25) is 19.3 Å². The van der Waals surface area contributed by atoms with Crippen LogP contribution < -0.4 is 10.6 Å². The summed E-state index contributed by atoms with van der Waals surface area (Å²) in [6.07, 6.45) is 4.67. The van der Waals surface area contributed by atoms with E-state index in [0.29, 0.717) is 38.3 Å². The number of rotatable bonds is 9. The summed E-state index contributed by atoms with van der Waals surface area (Å²) in [5, 5.41) is 16.6. The van der Waals surface area contributed by atoms with Crippen molar-refractivity contribution in [1.82, 2.24) is 25.1 Å². The lowest BCUT2D eigenvalue weighted by Gasteiger charge is -2.32. The summed E-state index contributed by atoms with van der Waals surface area (Å²) >= 11 is 0. The van der Waals surface area contributed by atoms with Crippen LogP contribution in [0.25, 0.3) is 0 Å². The molecule has 196 valence electrons. The van der Waals surface area contributed by atoms with Gasteiger partial charge in [0, 0.05) is 57.3 Å². The van der Waals surface area contributed by atoms with Crippen molar-refractivity contribution in [3.05, 3.63) is 53.5 Å². The van der Waals surface area contributed by atoms with Crippen molar-refractivity contribution in [3.63, 3.8) is 0 Å². The van der Waals surface area contributed by atoms with Gasteiger partial charge >= 0.3 is 0 Å². The zero-order chi connectivity index (χ0) is 25.8. The number of Topliss-reactive ketones (excluding diaryl/α,β-unsaturated/α-hetero) is 1. The molecular formula is C27H34N6O4. The van der Waals surface area contributed by atoms with E-state index in [1.54, 1.807) is 11.0 Å². The number of amides is 2. The van der Waals surface area contributed by atoms with Crippen LogP contribution in [0, 0.1) is 5.92 Å². The van der Waals surface area contributed by atoms with Gasteiger partial charge in [0.25, 0.3) is 11.8 Å². The Labute approximate surface area is 216 Å². The van der Waals surface area contributed by atoms with Crippen molar-refractivity contribution in [1.29, 1.82) is 0 Å². The lowest BCUT2D eigenvalue weighted by atomic mass is 10.00. The van der Waals surface area contributed by atoms with Crippen LogP contribution in [0.2, 0.25) is 0 Å². The first-order valence-electron chi connectivity index (χ1n) is 13.1. The quantitative estimate of drug-likeness (QED) is 0.430. The maximum atomic E-state index is 12.7. The first-order chi connectivity index (χ1) is 18.0. The monoisotopic (exact) mass is 506 g/mol. The minimum absolute atomic E-state index is 0.0580. The number of nitrogens with one attached hydrogen (secondary N) is 2. The van der Waals surface area contributed by atoms with Gasteiger partial charge in [0.15, 0.2) is 0 Å². The molecule has 0 radical (unpaired) electrons. The highest BCUT2D eigenvalue weighted by Crippen LogP contribution is 2.30. The Morgan fingerprint density at radius 1 is 1.03 bits per heavy atom. The summed E-state index contributed by atoms with van der Waals surface area (Å²) < 4.78 is 0. The Morgan fingerprint density at radius 2 is 1.78 bits per heavy atom. The second kappa shape index (κ2) is 11.4. The molecule has 2 aromatic rings. The van der Waals surface area contributed by atoms with Crippen LogP contribution >= 0.6 is 0 Å². The minimum Gasteiger partial charge on any atom is -0.390 e. The first-order valence-corrected chi connectivity index (χ1v) is 13.1. The van der Waals surface area contributed by atoms with Crippen LogP contribution in [-0.4, -0.2) is 87.3 Å². The van der Waals surface area contributed by atoms with Gasteiger partial charge in [-0.05, 0) is 43.2 Å². The number of likely N-dealkylation sites (tertiary alicyclic amines) is 1. The molecule has 1 aromatic heterocycles. The number of carbonyl (C=O) groups excluding carboxylic acids is 3. The van der Waals surface area contributed by atoms with E-state index >= 15 is 0 Å². The number of piperidine rings is 1. The fourth-order valence-corrected chi connectivity index (χ4v) is 5.05. The van der Waals surface area contributed by atoms with Crippen LogP contribution in [0.1, 0.15) is 47.3 Å². The van der Waals surface area contributed by atoms with Crippen LogP contribution in [-0.2, 0) is 22.6 Å². The second-order valence-electron chi connectivity index (χ2n) is 10.3. The molecule has 5 rings (SSSR count). The number of aliphatic hydroxyl groups excluding tert-OH is 1. The maximum Gasteiger partial charge on any atom is 0.290 e. The SMILES string of the molecule is O=C(NCC(O)CN1CCc2ccccc2C1)c1cc(NC2CCN(C(=O)C(=O)C3CC3)CC2)ncn1. The smallest absolute Gasteiger partial charge is 0.290 e. The van der Waals surface area contributed by atoms with Crippen LogP contribution in [0.4, 0.5) is 5.82 Å². The van der Waals surface area contributed by atoms with E-state index < -0.39 is 6.10 Å². The van der Waals surface area contributed by atoms with E-state index in [1.807, 2.05) is 6.07 Å². The maximum absolute atomic E-state index is 12.7. The van der Waals surface area contributed by atoms with Gasteiger partial charge in [-0.15, -0.1) is 0 Å². The standard InChI is InChI=1S/C27H34N6O4/c34-22(16-32-10-7-18-3-1-2-4-20(18)15-32)14-28-26(36)23-13-24(30-17-29-23)31-21-8-11-33(12-9-21)27(37)25(35)19-5-6-19/h1-4,13,17,19,21-22,34H,5-12,14-16H2,(H,28,36)(H,29,30,31). The van der Waals surface area contributed by atoms with Crippen molar-refractivity contribution in [2.45, 2.75) is 50.8 Å². The molecule has 2 amide bonds. The number of aliphatic hydroxyl groups is 1. The molecule has 3 aliphatic rings. The summed E-state index contributed by atoms with van der Waals surface area (Å²) in [6, 6.07) is 10.0. The average Bonchev–Trinajstić information content (AvgIpc) is 3.77. The molecule has 2 fully saturated rings. The molecule has 3 heterocycles. The van der Waals surface area contributed by atoms with E-state index in [-0.39, 0.29) is 41.8 Å². The van der Waals surface area contributed by atoms with Gasteiger partial charge in [0.2, 0.25) is 5.78 Å². The number of aromatic nitrogens is 2. The Bertz CT molecular complexity index is 1150. The summed E-state index contributed by atoms with van der Waals surface area (Å²) in [5.74, 6) is -0.491. The Hall–Kier alpha value is -3.37. The minimum atomic E-state index is -0.687. The van der Waals surface area contributed by atoms with Gasteiger partial charge in [-0.2, -0.15) is 0 Å². The third-order valence-corrected chi connectivity index (χ3v) is 7.37. The van der Waals surface area contributed by atoms with Gasteiger partial charge in [0.05, 0.1) is 6.10 Å². The number of hydrogen-bond donors (Lipinski definition) is 3. The molecule has 1 aliphatic carbocycles. The van der Waals surface area contributed by atoms with Crippen LogP contribution in [0.3, 0.4) is 0 Å². The highest BCUT2D eigenvalue weighted by atomic mass is 16.3. The largest absolute Gasteiger partial charge is 0.390 e. The summed E-state index contributed by atoms with van der Waals surface area (Å²) in [6.45, 7) is 3.34. The van der Waals surface area contributed by atoms with Gasteiger partial charge < -0.3 is 20.6 Å². The zero-order valence-electron chi connectivity index (χ0n) is 20.9. The normalized spacial score (nSPS) is 19.1. The molecule has 1 aromatic carbocycles. The highest BCUT2D eigenvalue weighted by Gasteiger charge is 2.37. The number of benzene rings is 1. The number of β-amino-alcohol motifs (C(OH)–C–C–N with tert-alkyl or cyclic N) is 1. The topological polar surface area (TPSA) is 128 Å². The number of ketones is 1. The van der Waals surface area contributed by atoms with E-state index in [4.69, 9.17) is 0 Å². The molecule has 2 aliphatic heterocycles. The summed E-state index contributed by atoms with van der Waals surface area (Å²) in [7, 11) is 0. The van der Waals surface area contributed by atoms with Crippen molar-refractivity contribution in [3.8, 4) is 0 Å². The van der Waals surface area contributed by atoms with Crippen molar-refractivity contribution in [2.75, 3.05) is 38.0 Å². The van der Waals surface area contributed by atoms with Crippen LogP contribution in [0.5, 0.6) is 0 Å². The molecule has 3 N–H and O–H groups in total. The number of nitrogens with zero attached hydrogens (tertiary/aromatic N) is 4. The molecule has 1 saturated carbocycles. The van der Waals surface area contributed by atoms with E-state index in [9.17, 15) is 19.5 Å². The summed E-state index contributed by atoms with van der Waals surface area (Å²) in [4.78, 5) is 49.2. The molecule has 1 unspecified atom stereocenters. The average molecular weight is 507 g/mol. The van der Waals surface area contributed by atoms with E-state index in [2.05, 4.69) is 43.7 Å². The molecule has 1 saturated heterocycles. The third-order valence-electron chi connectivity index (χ3n) is 7.37. The van der Waals surface area contributed by atoms with Crippen LogP contribution in [0.15, 0.2) is 36.7 Å². The van der Waals surface area contributed by atoms with Crippen molar-refractivity contribution in [2.24, 2.45) is 5.92 Å². The van der Waals surface area contributed by atoms with E-state index in [1.165, 1.54) is 17.5 Å². The first kappa shape index (κ1) is 25.3. The molecule has 10 heteroatoms. The zero-order valence-corrected chi connectivity index (χ0v) is 20.9. The molecular weight excluding hydrogens is 472 g/mol. The molecule has 0 bridgehead atoms. The fourth-order valence-electron chi connectivity index (χ4n) is 5.05. The number of hydrogen-bond acceptors (Lipinski definition) is 8. The van der Waals surface area contributed by atoms with Crippen molar-refractivity contribution >= 4 is 23.4 Å². The molecule has 10 nitrogen and oxygen atoms in total. The highest BCUT2D eigenvalue weighted by molar-refractivity contribution is 6.37. The predicted octanol–water partition coefficient (Wildman–Crippen LogP) is 1.01. The predicted molar refractivity (Wildman–Crippen MR) is 137 cm³/mol. The van der Waals surface area contributed by atoms with E-state index in [0.717, 1.165) is 32.4 Å². The molecule has 1 atom stereocenters. The second-order valence-corrected chi connectivity index (χ2v) is 10.3. The number of fused-ring (bicyclic) bond motifs is 1. The number of carbonyl (C=O) groups is 3. The van der Waals surface area contributed by atoms with Gasteiger partial charge in [0.1, 0.15) is 17.8 Å². The Balaban J connectivity index is 1.06. The van der Waals surface area contributed by atoms with Crippen molar-refractivity contribution < 1.29 is 19.5 Å². The lowest BCUT2D eigenvalue weighted by Crippen LogP contribution is -2.45. The molecule has 0 spiro atoms. The van der Waals surface area contributed by atoms with Gasteiger partial charge in [-0.25, -0.2) is 9.97 Å². The Morgan fingerprint density at radius 3 is 2.54 bits per heavy atom. The number of anilines is 1. The third kappa shape index (κ3) is 6.50. The molecule has 37 heavy (non-hydrogen) atoms. The fraction of sp³-hybridized carbons (Fsp3) is 0.519. The summed E-state index contributed by atoms with van der Waals surface area (Å²) in [5.41, 5.74) is 2.87. The lowest BCUT2D eigenvalue weighted by molar-refractivity contribution is -0.146. The van der Waals surface area contributed by atoms with Gasteiger partial charge in [-0.1, -0.05) is 24.3 Å². The Kier molecular flexibility index (Phi) is 7.76.